The Morgan fingerprint density at radius 2 is 1.81 bits per heavy atom. The van der Waals surface area contributed by atoms with E-state index < -0.39 is 39.5 Å². The van der Waals surface area contributed by atoms with Crippen LogP contribution in [0.1, 0.15) is 34.5 Å². The summed E-state index contributed by atoms with van der Waals surface area (Å²) in [5, 5.41) is 3.00. The van der Waals surface area contributed by atoms with Crippen molar-refractivity contribution in [3.63, 3.8) is 0 Å². The van der Waals surface area contributed by atoms with Crippen molar-refractivity contribution in [2.75, 3.05) is 11.0 Å². The van der Waals surface area contributed by atoms with Crippen molar-refractivity contribution in [3.05, 3.63) is 71.2 Å². The standard InChI is InChI=1S/C20H17F4N3O3S/c1-11(12-4-6-17(16(21)8-12)27-31(2,29)30)26-19(28)14-7-13-3-5-15(20(22,23)24)9-18(13)25-10-14/h3-11,27H,1-2H3,(H,26,28). The second kappa shape index (κ2) is 8.14. The Balaban J connectivity index is 1.77. The first-order valence-corrected chi connectivity index (χ1v) is 10.8. The Morgan fingerprint density at radius 1 is 1.10 bits per heavy atom. The summed E-state index contributed by atoms with van der Waals surface area (Å²) in [4.78, 5) is 16.5. The number of halogens is 4. The quantitative estimate of drug-likeness (QED) is 0.563. The molecule has 2 N–H and O–H groups in total. The number of alkyl halides is 3. The largest absolute Gasteiger partial charge is 0.416 e. The van der Waals surface area contributed by atoms with Gasteiger partial charge in [-0.1, -0.05) is 12.1 Å². The highest BCUT2D eigenvalue weighted by Gasteiger charge is 2.30. The molecule has 1 aromatic heterocycles. The van der Waals surface area contributed by atoms with Crippen LogP contribution in [0.5, 0.6) is 0 Å². The summed E-state index contributed by atoms with van der Waals surface area (Å²) >= 11 is 0. The van der Waals surface area contributed by atoms with Crippen LogP contribution in [0.2, 0.25) is 0 Å². The predicted molar refractivity (Wildman–Crippen MR) is 107 cm³/mol. The second-order valence-electron chi connectivity index (χ2n) is 6.94. The van der Waals surface area contributed by atoms with Crippen molar-refractivity contribution in [1.82, 2.24) is 10.3 Å². The number of benzene rings is 2. The van der Waals surface area contributed by atoms with Gasteiger partial charge in [-0.25, -0.2) is 12.8 Å². The van der Waals surface area contributed by atoms with Crippen LogP contribution in [-0.2, 0) is 16.2 Å². The number of amides is 1. The zero-order valence-electron chi connectivity index (χ0n) is 16.3. The molecule has 0 saturated heterocycles. The third-order valence-corrected chi connectivity index (χ3v) is 5.00. The summed E-state index contributed by atoms with van der Waals surface area (Å²) in [6.45, 7) is 1.60. The Labute approximate surface area is 175 Å². The fourth-order valence-corrected chi connectivity index (χ4v) is 3.43. The highest BCUT2D eigenvalue weighted by Crippen LogP contribution is 2.31. The van der Waals surface area contributed by atoms with E-state index in [2.05, 4.69) is 10.3 Å². The summed E-state index contributed by atoms with van der Waals surface area (Å²) in [6.07, 6.45) is -2.45. The van der Waals surface area contributed by atoms with Crippen molar-refractivity contribution in [2.45, 2.75) is 19.1 Å². The number of rotatable bonds is 5. The number of fused-ring (bicyclic) bond motifs is 1. The number of sulfonamides is 1. The van der Waals surface area contributed by atoms with E-state index in [1.165, 1.54) is 24.3 Å². The molecule has 6 nitrogen and oxygen atoms in total. The summed E-state index contributed by atoms with van der Waals surface area (Å²) in [5.74, 6) is -1.36. The molecule has 0 aliphatic heterocycles. The fourth-order valence-electron chi connectivity index (χ4n) is 2.87. The maximum Gasteiger partial charge on any atom is 0.416 e. The zero-order valence-corrected chi connectivity index (χ0v) is 17.1. The van der Waals surface area contributed by atoms with Crippen molar-refractivity contribution in [1.29, 1.82) is 0 Å². The van der Waals surface area contributed by atoms with Crippen molar-refractivity contribution < 1.29 is 30.8 Å². The molecular formula is C20H17F4N3O3S. The monoisotopic (exact) mass is 455 g/mol. The molecule has 0 fully saturated rings. The van der Waals surface area contributed by atoms with Gasteiger partial charge in [0.05, 0.1) is 34.6 Å². The zero-order chi connectivity index (χ0) is 23.0. The first-order valence-electron chi connectivity index (χ1n) is 8.88. The van der Waals surface area contributed by atoms with Gasteiger partial charge in [0.15, 0.2) is 0 Å². The minimum Gasteiger partial charge on any atom is -0.345 e. The van der Waals surface area contributed by atoms with Gasteiger partial charge in [-0.15, -0.1) is 0 Å². The molecule has 3 rings (SSSR count). The van der Waals surface area contributed by atoms with Gasteiger partial charge in [0.25, 0.3) is 5.91 Å². The van der Waals surface area contributed by atoms with Crippen LogP contribution in [-0.4, -0.2) is 25.6 Å². The lowest BCUT2D eigenvalue weighted by atomic mass is 10.1. The average molecular weight is 455 g/mol. The van der Waals surface area contributed by atoms with Gasteiger partial charge in [-0.2, -0.15) is 13.2 Å². The SMILES string of the molecule is CC(NC(=O)c1cnc2cc(C(F)(F)F)ccc2c1)c1ccc(NS(C)(=O)=O)c(F)c1. The lowest BCUT2D eigenvalue weighted by Crippen LogP contribution is -2.27. The lowest BCUT2D eigenvalue weighted by molar-refractivity contribution is -0.137. The van der Waals surface area contributed by atoms with Crippen LogP contribution in [0.3, 0.4) is 0 Å². The van der Waals surface area contributed by atoms with E-state index in [4.69, 9.17) is 0 Å². The van der Waals surface area contributed by atoms with Crippen molar-refractivity contribution in [3.8, 4) is 0 Å². The Bertz CT molecular complexity index is 1260. The average Bonchev–Trinajstić information content (AvgIpc) is 2.66. The first kappa shape index (κ1) is 22.5. The number of nitrogens with zero attached hydrogens (tertiary/aromatic N) is 1. The van der Waals surface area contributed by atoms with Gasteiger partial charge in [0.1, 0.15) is 5.82 Å². The van der Waals surface area contributed by atoms with E-state index in [0.29, 0.717) is 10.9 Å². The van der Waals surface area contributed by atoms with Crippen LogP contribution < -0.4 is 10.0 Å². The molecule has 1 heterocycles. The summed E-state index contributed by atoms with van der Waals surface area (Å²) in [5.41, 5.74) is -0.463. The number of carbonyl (C=O) groups excluding carboxylic acids is 1. The van der Waals surface area contributed by atoms with Gasteiger partial charge in [0, 0.05) is 11.6 Å². The fraction of sp³-hybridized carbons (Fsp3) is 0.200. The maximum atomic E-state index is 14.2. The van der Waals surface area contributed by atoms with Crippen molar-refractivity contribution >= 4 is 32.5 Å². The number of nitrogens with one attached hydrogen (secondary N) is 2. The molecular weight excluding hydrogens is 438 g/mol. The maximum absolute atomic E-state index is 14.2. The molecule has 0 aliphatic rings. The summed E-state index contributed by atoms with van der Waals surface area (Å²) in [6, 6.07) is 7.59. The van der Waals surface area contributed by atoms with Gasteiger partial charge in [0.2, 0.25) is 10.0 Å². The normalized spacial score (nSPS) is 13.1. The highest BCUT2D eigenvalue weighted by molar-refractivity contribution is 7.92. The molecule has 3 aromatic rings. The summed E-state index contributed by atoms with van der Waals surface area (Å²) < 4.78 is 77.1. The van der Waals surface area contributed by atoms with E-state index in [-0.39, 0.29) is 16.8 Å². The number of aromatic nitrogens is 1. The van der Waals surface area contributed by atoms with Crippen LogP contribution in [0, 0.1) is 5.82 Å². The molecule has 164 valence electrons. The third-order valence-electron chi connectivity index (χ3n) is 4.41. The van der Waals surface area contributed by atoms with E-state index in [1.807, 2.05) is 4.72 Å². The number of anilines is 1. The number of hydrogen-bond acceptors (Lipinski definition) is 4. The molecule has 11 heteroatoms. The van der Waals surface area contributed by atoms with E-state index in [1.54, 1.807) is 6.92 Å². The minimum absolute atomic E-state index is 0.0930. The number of pyridine rings is 1. The van der Waals surface area contributed by atoms with Gasteiger partial charge >= 0.3 is 6.18 Å². The first-order chi connectivity index (χ1) is 14.3. The predicted octanol–water partition coefficient (Wildman–Crippen LogP) is 4.26. The molecule has 2 aromatic carbocycles. The smallest absolute Gasteiger partial charge is 0.345 e. The van der Waals surface area contributed by atoms with Gasteiger partial charge < -0.3 is 5.32 Å². The Kier molecular flexibility index (Phi) is 5.90. The van der Waals surface area contributed by atoms with Gasteiger partial charge in [-0.3, -0.25) is 14.5 Å². The Hall–Kier alpha value is -3.21. The van der Waals surface area contributed by atoms with E-state index in [0.717, 1.165) is 30.7 Å². The van der Waals surface area contributed by atoms with Crippen molar-refractivity contribution in [2.24, 2.45) is 0 Å². The Morgan fingerprint density at radius 3 is 2.42 bits per heavy atom. The molecule has 31 heavy (non-hydrogen) atoms. The lowest BCUT2D eigenvalue weighted by Gasteiger charge is -2.16. The molecule has 1 atom stereocenters. The number of hydrogen-bond donors (Lipinski definition) is 2. The molecule has 0 spiro atoms. The third kappa shape index (κ3) is 5.48. The van der Waals surface area contributed by atoms with E-state index in [9.17, 15) is 30.8 Å². The molecule has 1 unspecified atom stereocenters. The van der Waals surface area contributed by atoms with E-state index >= 15 is 0 Å². The van der Waals surface area contributed by atoms with Crippen LogP contribution in [0.15, 0.2) is 48.7 Å². The van der Waals surface area contributed by atoms with Crippen LogP contribution >= 0.6 is 0 Å². The molecule has 0 aliphatic carbocycles. The molecule has 0 bridgehead atoms. The topological polar surface area (TPSA) is 88.2 Å². The highest BCUT2D eigenvalue weighted by atomic mass is 32.2. The second-order valence-corrected chi connectivity index (χ2v) is 8.69. The molecule has 1 amide bonds. The molecule has 0 radical (unpaired) electrons. The van der Waals surface area contributed by atoms with Gasteiger partial charge in [-0.05, 0) is 42.8 Å². The number of carbonyl (C=O) groups is 1. The van der Waals surface area contributed by atoms with Crippen LogP contribution in [0.25, 0.3) is 10.9 Å². The minimum atomic E-state index is -4.50. The summed E-state index contributed by atoms with van der Waals surface area (Å²) in [7, 11) is -3.65. The van der Waals surface area contributed by atoms with Crippen LogP contribution in [0.4, 0.5) is 23.2 Å². The molecule has 0 saturated carbocycles.